The van der Waals surface area contributed by atoms with E-state index in [4.69, 9.17) is 39.5 Å². The van der Waals surface area contributed by atoms with Crippen LogP contribution in [0.25, 0.3) is 0 Å². The number of cyclic esters (lactones) is 1. The number of amides is 1. The molecule has 1 aliphatic heterocycles. The van der Waals surface area contributed by atoms with Crippen LogP contribution < -0.4 is 4.90 Å². The van der Waals surface area contributed by atoms with Gasteiger partial charge in [0.2, 0.25) is 15.9 Å². The van der Waals surface area contributed by atoms with E-state index in [-0.39, 0.29) is 11.5 Å². The fourth-order valence-corrected chi connectivity index (χ4v) is 2.17. The van der Waals surface area contributed by atoms with Gasteiger partial charge in [-0.3, -0.25) is 9.69 Å². The van der Waals surface area contributed by atoms with Gasteiger partial charge in [-0.1, -0.05) is 46.9 Å². The minimum atomic E-state index is -1.92. The fourth-order valence-electron chi connectivity index (χ4n) is 1.75. The lowest BCUT2D eigenvalue weighted by atomic mass is 10.1. The fraction of sp³-hybridized carbons (Fsp3) is 0.273. The lowest BCUT2D eigenvalue weighted by Crippen LogP contribution is -2.52. The maximum absolute atomic E-state index is 11.8. The van der Waals surface area contributed by atoms with Crippen molar-refractivity contribution in [2.75, 3.05) is 4.90 Å². The Morgan fingerprint density at radius 2 is 1.94 bits per heavy atom. The summed E-state index contributed by atoms with van der Waals surface area (Å²) in [5, 5.41) is 0. The summed E-state index contributed by atoms with van der Waals surface area (Å²) in [6.07, 6.45) is -1.28. The number of halogens is 3. The molecule has 7 heteroatoms. The molecular weight excluding hydrogens is 300 g/mol. The monoisotopic (exact) mass is 307 g/mol. The highest BCUT2D eigenvalue weighted by molar-refractivity contribution is 6.68. The molecule has 0 aliphatic carbocycles. The summed E-state index contributed by atoms with van der Waals surface area (Å²) in [7, 11) is 0. The van der Waals surface area contributed by atoms with Gasteiger partial charge in [-0.25, -0.2) is 4.79 Å². The molecule has 96 valence electrons. The first-order valence-electron chi connectivity index (χ1n) is 4.99. The molecule has 2 rings (SSSR count). The van der Waals surface area contributed by atoms with Crippen LogP contribution in [0.1, 0.15) is 17.3 Å². The first-order chi connectivity index (χ1) is 8.32. The van der Waals surface area contributed by atoms with Gasteiger partial charge in [0.15, 0.2) is 0 Å². The molecule has 4 nitrogen and oxygen atoms in total. The predicted molar refractivity (Wildman–Crippen MR) is 69.1 cm³/mol. The van der Waals surface area contributed by atoms with Crippen LogP contribution in [0.5, 0.6) is 0 Å². The van der Waals surface area contributed by atoms with Crippen molar-refractivity contribution in [1.29, 1.82) is 0 Å². The Kier molecular flexibility index (Phi) is 3.45. The average molecular weight is 309 g/mol. The Morgan fingerprint density at radius 1 is 1.33 bits per heavy atom. The van der Waals surface area contributed by atoms with Crippen LogP contribution in [0, 0.1) is 0 Å². The number of carbonyl (C=O) groups excluding carboxylic acids is 2. The van der Waals surface area contributed by atoms with Crippen LogP contribution in [0.4, 0.5) is 5.69 Å². The highest BCUT2D eigenvalue weighted by atomic mass is 35.6. The molecule has 0 N–H and O–H groups in total. The third-order valence-corrected chi connectivity index (χ3v) is 3.02. The normalized spacial score (nSPS) is 19.2. The van der Waals surface area contributed by atoms with Crippen LogP contribution in [0.15, 0.2) is 24.3 Å². The molecule has 1 aromatic rings. The zero-order chi connectivity index (χ0) is 13.5. The Hall–Kier alpha value is -0.970. The van der Waals surface area contributed by atoms with Crippen molar-refractivity contribution < 1.29 is 14.3 Å². The van der Waals surface area contributed by atoms with Gasteiger partial charge in [0, 0.05) is 6.92 Å². The van der Waals surface area contributed by atoms with Crippen molar-refractivity contribution in [2.45, 2.75) is 16.9 Å². The molecule has 0 aromatic heterocycles. The van der Waals surface area contributed by atoms with Crippen molar-refractivity contribution in [3.8, 4) is 0 Å². The van der Waals surface area contributed by atoms with E-state index in [1.54, 1.807) is 24.3 Å². The lowest BCUT2D eigenvalue weighted by molar-refractivity contribution is -0.118. The van der Waals surface area contributed by atoms with Gasteiger partial charge in [0.05, 0.1) is 11.3 Å². The molecule has 1 amide bonds. The Balaban J connectivity index is 2.58. The largest absolute Gasteiger partial charge is 0.433 e. The molecule has 1 unspecified atom stereocenters. The number of alkyl halides is 3. The van der Waals surface area contributed by atoms with E-state index in [1.807, 2.05) is 0 Å². The molecule has 1 aromatic carbocycles. The maximum atomic E-state index is 11.8. The summed E-state index contributed by atoms with van der Waals surface area (Å²) in [6.45, 7) is 1.30. The number of ether oxygens (including phenoxy) is 1. The minimum Gasteiger partial charge on any atom is -0.433 e. The van der Waals surface area contributed by atoms with Crippen molar-refractivity contribution in [3.63, 3.8) is 0 Å². The minimum absolute atomic E-state index is 0.262. The first-order valence-corrected chi connectivity index (χ1v) is 6.12. The molecular formula is C11H8Cl3NO3. The van der Waals surface area contributed by atoms with Crippen LogP contribution in [0.2, 0.25) is 0 Å². The Bertz CT molecular complexity index is 513. The van der Waals surface area contributed by atoms with Gasteiger partial charge in [-0.05, 0) is 12.1 Å². The number of rotatable bonds is 0. The number of benzene rings is 1. The summed E-state index contributed by atoms with van der Waals surface area (Å²) in [5.41, 5.74) is 0.635. The topological polar surface area (TPSA) is 46.6 Å². The number of esters is 1. The van der Waals surface area contributed by atoms with E-state index in [0.29, 0.717) is 5.69 Å². The maximum Gasteiger partial charge on any atom is 0.342 e. The standard InChI is InChI=1S/C11H8Cl3NO3/c1-6(16)15-8-5-3-2-4-7(8)9(17)18-10(15)11(12,13)14/h2-5,10H,1H3. The van der Waals surface area contributed by atoms with E-state index >= 15 is 0 Å². The summed E-state index contributed by atoms with van der Waals surface area (Å²) in [6, 6.07) is 6.49. The number of para-hydroxylation sites is 1. The van der Waals surface area contributed by atoms with Crippen LogP contribution in [0.3, 0.4) is 0 Å². The number of hydrogen-bond donors (Lipinski definition) is 0. The van der Waals surface area contributed by atoms with Crippen LogP contribution in [-0.4, -0.2) is 21.9 Å². The predicted octanol–water partition coefficient (Wildman–Crippen LogP) is 2.91. The second kappa shape index (κ2) is 4.61. The van der Waals surface area contributed by atoms with E-state index in [0.717, 1.165) is 4.90 Å². The van der Waals surface area contributed by atoms with Gasteiger partial charge in [0.1, 0.15) is 0 Å². The summed E-state index contributed by atoms with van der Waals surface area (Å²) in [4.78, 5) is 24.6. The van der Waals surface area contributed by atoms with Crippen molar-refractivity contribution in [2.24, 2.45) is 0 Å². The number of fused-ring (bicyclic) bond motifs is 1. The van der Waals surface area contributed by atoms with E-state index in [1.165, 1.54) is 6.92 Å². The van der Waals surface area contributed by atoms with Crippen molar-refractivity contribution in [3.05, 3.63) is 29.8 Å². The number of hydrogen-bond acceptors (Lipinski definition) is 3. The van der Waals surface area contributed by atoms with Crippen molar-refractivity contribution >= 4 is 52.4 Å². The van der Waals surface area contributed by atoms with Crippen molar-refractivity contribution in [1.82, 2.24) is 0 Å². The molecule has 1 aliphatic rings. The van der Waals surface area contributed by atoms with E-state index in [9.17, 15) is 9.59 Å². The molecule has 0 radical (unpaired) electrons. The van der Waals surface area contributed by atoms with Gasteiger partial charge in [0.25, 0.3) is 0 Å². The van der Waals surface area contributed by atoms with Crippen LogP contribution in [-0.2, 0) is 9.53 Å². The van der Waals surface area contributed by atoms with Gasteiger partial charge in [-0.2, -0.15) is 0 Å². The number of nitrogens with zero attached hydrogens (tertiary/aromatic N) is 1. The zero-order valence-corrected chi connectivity index (χ0v) is 11.5. The number of carbonyl (C=O) groups is 2. The highest BCUT2D eigenvalue weighted by Crippen LogP contribution is 2.40. The summed E-state index contributed by atoms with van der Waals surface area (Å²) >= 11 is 17.2. The van der Waals surface area contributed by atoms with Gasteiger partial charge < -0.3 is 4.74 Å². The Labute approximate surface area is 118 Å². The third kappa shape index (κ3) is 2.28. The third-order valence-electron chi connectivity index (χ3n) is 2.46. The second-order valence-electron chi connectivity index (χ2n) is 3.71. The van der Waals surface area contributed by atoms with Crippen LogP contribution >= 0.6 is 34.8 Å². The molecule has 18 heavy (non-hydrogen) atoms. The molecule has 0 bridgehead atoms. The molecule has 0 saturated heterocycles. The summed E-state index contributed by atoms with van der Waals surface area (Å²) < 4.78 is 3.10. The molecule has 0 saturated carbocycles. The van der Waals surface area contributed by atoms with Gasteiger partial charge in [-0.15, -0.1) is 0 Å². The molecule has 0 spiro atoms. The van der Waals surface area contributed by atoms with E-state index in [2.05, 4.69) is 0 Å². The van der Waals surface area contributed by atoms with E-state index < -0.39 is 16.0 Å². The highest BCUT2D eigenvalue weighted by Gasteiger charge is 2.46. The zero-order valence-electron chi connectivity index (χ0n) is 9.19. The quantitative estimate of drug-likeness (QED) is 0.547. The Morgan fingerprint density at radius 3 is 2.50 bits per heavy atom. The average Bonchev–Trinajstić information content (AvgIpc) is 2.27. The molecule has 0 fully saturated rings. The second-order valence-corrected chi connectivity index (χ2v) is 6.07. The molecule has 1 atom stereocenters. The van der Waals surface area contributed by atoms with Gasteiger partial charge >= 0.3 is 5.97 Å². The number of anilines is 1. The summed E-state index contributed by atoms with van der Waals surface area (Å²) in [5.74, 6) is -1.01. The smallest absolute Gasteiger partial charge is 0.342 e. The first kappa shape index (κ1) is 13.5. The SMILES string of the molecule is CC(=O)N1c2ccccc2C(=O)OC1C(Cl)(Cl)Cl. The lowest BCUT2D eigenvalue weighted by Gasteiger charge is -2.38. The molecule has 1 heterocycles.